The molecule has 0 aliphatic rings. The van der Waals surface area contributed by atoms with Gasteiger partial charge in [-0.25, -0.2) is 9.78 Å². The van der Waals surface area contributed by atoms with Gasteiger partial charge < -0.3 is 14.9 Å². The van der Waals surface area contributed by atoms with Crippen molar-refractivity contribution in [1.82, 2.24) is 4.98 Å². The van der Waals surface area contributed by atoms with Gasteiger partial charge in [-0.15, -0.1) is 11.3 Å². The normalized spacial score (nSPS) is 10.3. The monoisotopic (exact) mass is 203 g/mol. The lowest BCUT2D eigenvalue weighted by Crippen LogP contribution is -1.99. The minimum atomic E-state index is -1.04. The molecule has 1 rings (SSSR count). The molecule has 0 unspecified atom stereocenters. The minimum absolute atomic E-state index is 0.130. The van der Waals surface area contributed by atoms with Crippen molar-refractivity contribution in [3.8, 4) is 0 Å². The van der Waals surface area contributed by atoms with Crippen LogP contribution in [0, 0.1) is 0 Å². The van der Waals surface area contributed by atoms with E-state index in [2.05, 4.69) is 4.98 Å². The van der Waals surface area contributed by atoms with E-state index in [0.717, 1.165) is 11.3 Å². The Morgan fingerprint density at radius 3 is 2.85 bits per heavy atom. The second-order valence-corrected chi connectivity index (χ2v) is 3.36. The van der Waals surface area contributed by atoms with Gasteiger partial charge in [0.05, 0.1) is 18.9 Å². The van der Waals surface area contributed by atoms with Crippen molar-refractivity contribution in [1.29, 1.82) is 0 Å². The van der Waals surface area contributed by atoms with E-state index in [1.807, 2.05) is 0 Å². The van der Waals surface area contributed by atoms with Crippen LogP contribution in [0.2, 0.25) is 0 Å². The highest BCUT2D eigenvalue weighted by atomic mass is 32.1. The van der Waals surface area contributed by atoms with Crippen molar-refractivity contribution >= 4 is 17.3 Å². The Balaban J connectivity index is 3.00. The predicted octanol–water partition coefficient (Wildman–Crippen LogP) is 0.480. The first-order chi connectivity index (χ1) is 6.19. The van der Waals surface area contributed by atoms with E-state index in [4.69, 9.17) is 14.9 Å². The summed E-state index contributed by atoms with van der Waals surface area (Å²) in [5.41, 5.74) is 0.365. The largest absolute Gasteiger partial charge is 0.477 e. The number of hydrogen-bond acceptors (Lipinski definition) is 5. The summed E-state index contributed by atoms with van der Waals surface area (Å²) in [5, 5.41) is 17.9. The van der Waals surface area contributed by atoms with E-state index in [1.54, 1.807) is 0 Å². The standard InChI is InChI=1S/C7H9NO4S/c1-12-3-4-6(7(10)11)13-5(2-9)8-4/h9H,2-3H2,1H3,(H,10,11). The highest BCUT2D eigenvalue weighted by Crippen LogP contribution is 2.19. The zero-order valence-corrected chi connectivity index (χ0v) is 7.80. The van der Waals surface area contributed by atoms with Crippen molar-refractivity contribution in [2.45, 2.75) is 13.2 Å². The van der Waals surface area contributed by atoms with Crippen LogP contribution in [0.5, 0.6) is 0 Å². The number of aromatic carboxylic acids is 1. The molecule has 2 N–H and O–H groups in total. The Hall–Kier alpha value is -0.980. The zero-order valence-electron chi connectivity index (χ0n) is 6.98. The first kappa shape index (κ1) is 10.1. The number of hydrogen-bond donors (Lipinski definition) is 2. The topological polar surface area (TPSA) is 79.7 Å². The molecule has 0 spiro atoms. The van der Waals surface area contributed by atoms with Crippen LogP contribution in [0.4, 0.5) is 0 Å². The third-order valence-electron chi connectivity index (χ3n) is 1.35. The Morgan fingerprint density at radius 2 is 2.38 bits per heavy atom. The number of carboxylic acid groups (broad SMARTS) is 1. The summed E-state index contributed by atoms with van der Waals surface area (Å²) >= 11 is 0.967. The maximum atomic E-state index is 10.7. The van der Waals surface area contributed by atoms with Gasteiger partial charge in [0.15, 0.2) is 0 Å². The van der Waals surface area contributed by atoms with Gasteiger partial charge in [0.2, 0.25) is 0 Å². The Labute approximate surface area is 78.6 Å². The summed E-state index contributed by atoms with van der Waals surface area (Å²) in [5.74, 6) is -1.04. The average molecular weight is 203 g/mol. The molecule has 1 aromatic heterocycles. The fraction of sp³-hybridized carbons (Fsp3) is 0.429. The van der Waals surface area contributed by atoms with Gasteiger partial charge in [-0.05, 0) is 0 Å². The Morgan fingerprint density at radius 1 is 1.69 bits per heavy atom. The smallest absolute Gasteiger partial charge is 0.347 e. The fourth-order valence-electron chi connectivity index (χ4n) is 0.870. The highest BCUT2D eigenvalue weighted by Gasteiger charge is 2.16. The number of ether oxygens (including phenoxy) is 1. The number of methoxy groups -OCH3 is 1. The molecular formula is C7H9NO4S. The highest BCUT2D eigenvalue weighted by molar-refractivity contribution is 7.13. The van der Waals surface area contributed by atoms with Crippen molar-refractivity contribution < 1.29 is 19.7 Å². The fourth-order valence-corrected chi connectivity index (χ4v) is 1.64. The van der Waals surface area contributed by atoms with Gasteiger partial charge in [-0.1, -0.05) is 0 Å². The molecule has 0 saturated carbocycles. The quantitative estimate of drug-likeness (QED) is 0.744. The summed E-state index contributed by atoms with van der Waals surface area (Å²) in [6.07, 6.45) is 0. The summed E-state index contributed by atoms with van der Waals surface area (Å²) in [6.45, 7) is -0.0905. The number of rotatable bonds is 4. The van der Waals surface area contributed by atoms with E-state index in [-0.39, 0.29) is 18.1 Å². The van der Waals surface area contributed by atoms with E-state index in [9.17, 15) is 4.79 Å². The van der Waals surface area contributed by atoms with Gasteiger partial charge in [0, 0.05) is 7.11 Å². The first-order valence-corrected chi connectivity index (χ1v) is 4.32. The van der Waals surface area contributed by atoms with Crippen LogP contribution in [0.25, 0.3) is 0 Å². The van der Waals surface area contributed by atoms with Crippen LogP contribution in [-0.2, 0) is 18.0 Å². The summed E-state index contributed by atoms with van der Waals surface area (Å²) < 4.78 is 4.78. The molecule has 0 saturated heterocycles. The lowest BCUT2D eigenvalue weighted by molar-refractivity contribution is 0.0697. The molecule has 0 aliphatic heterocycles. The van der Waals surface area contributed by atoms with Gasteiger partial charge in [0.25, 0.3) is 0 Å². The van der Waals surface area contributed by atoms with E-state index in [1.165, 1.54) is 7.11 Å². The number of nitrogens with zero attached hydrogens (tertiary/aromatic N) is 1. The molecule has 0 fully saturated rings. The number of aromatic nitrogens is 1. The third-order valence-corrected chi connectivity index (χ3v) is 2.42. The van der Waals surface area contributed by atoms with Gasteiger partial charge in [-0.2, -0.15) is 0 Å². The van der Waals surface area contributed by atoms with Crippen LogP contribution < -0.4 is 0 Å². The average Bonchev–Trinajstić information content (AvgIpc) is 2.48. The summed E-state index contributed by atoms with van der Waals surface area (Å²) in [6, 6.07) is 0. The molecule has 13 heavy (non-hydrogen) atoms. The molecule has 1 aromatic rings. The summed E-state index contributed by atoms with van der Waals surface area (Å²) in [7, 11) is 1.46. The van der Waals surface area contributed by atoms with Crippen LogP contribution >= 0.6 is 11.3 Å². The molecule has 5 nitrogen and oxygen atoms in total. The third kappa shape index (κ3) is 2.24. The van der Waals surface area contributed by atoms with Crippen LogP contribution in [0.1, 0.15) is 20.4 Å². The van der Waals surface area contributed by atoms with Crippen molar-refractivity contribution in [3.63, 3.8) is 0 Å². The van der Waals surface area contributed by atoms with Crippen LogP contribution in [0.15, 0.2) is 0 Å². The molecule has 0 atom stereocenters. The number of carbonyl (C=O) groups is 1. The van der Waals surface area contributed by atoms with Gasteiger partial charge >= 0.3 is 5.97 Å². The van der Waals surface area contributed by atoms with E-state index < -0.39 is 5.97 Å². The van der Waals surface area contributed by atoms with Crippen LogP contribution in [0.3, 0.4) is 0 Å². The van der Waals surface area contributed by atoms with Gasteiger partial charge in [0.1, 0.15) is 9.88 Å². The molecule has 0 aliphatic carbocycles. The molecule has 0 bridgehead atoms. The molecule has 72 valence electrons. The number of aliphatic hydroxyl groups excluding tert-OH is 1. The number of carboxylic acids is 1. The minimum Gasteiger partial charge on any atom is -0.477 e. The van der Waals surface area contributed by atoms with Crippen molar-refractivity contribution in [2.24, 2.45) is 0 Å². The molecule has 1 heterocycles. The lowest BCUT2D eigenvalue weighted by Gasteiger charge is -1.94. The molecule has 0 aromatic carbocycles. The summed E-state index contributed by atoms with van der Waals surface area (Å²) in [4.78, 5) is 14.7. The Bertz CT molecular complexity index is 309. The molecular weight excluding hydrogens is 194 g/mol. The molecule has 6 heteroatoms. The number of thiazole rings is 1. The first-order valence-electron chi connectivity index (χ1n) is 3.50. The number of aliphatic hydroxyl groups is 1. The molecule has 0 amide bonds. The van der Waals surface area contributed by atoms with Crippen LogP contribution in [-0.4, -0.2) is 28.3 Å². The van der Waals surface area contributed by atoms with Crippen molar-refractivity contribution in [2.75, 3.05) is 7.11 Å². The SMILES string of the molecule is COCc1nc(CO)sc1C(=O)O. The molecule has 0 radical (unpaired) electrons. The Kier molecular flexibility index (Phi) is 3.35. The second-order valence-electron chi connectivity index (χ2n) is 2.28. The van der Waals surface area contributed by atoms with E-state index >= 15 is 0 Å². The van der Waals surface area contributed by atoms with E-state index in [0.29, 0.717) is 10.7 Å². The van der Waals surface area contributed by atoms with Gasteiger partial charge in [-0.3, -0.25) is 0 Å². The second kappa shape index (κ2) is 4.31. The zero-order chi connectivity index (χ0) is 9.84. The van der Waals surface area contributed by atoms with Crippen molar-refractivity contribution in [3.05, 3.63) is 15.6 Å². The lowest BCUT2D eigenvalue weighted by atomic mass is 10.4. The maximum Gasteiger partial charge on any atom is 0.347 e. The maximum absolute atomic E-state index is 10.7. The predicted molar refractivity (Wildman–Crippen MR) is 45.7 cm³/mol.